The Bertz CT molecular complexity index is 1180. The van der Waals surface area contributed by atoms with Crippen molar-refractivity contribution >= 4 is 22.5 Å². The van der Waals surface area contributed by atoms with Crippen LogP contribution in [0, 0.1) is 0 Å². The molecular formula is C27H31ClN4. The van der Waals surface area contributed by atoms with Crippen molar-refractivity contribution in [3.63, 3.8) is 0 Å². The minimum absolute atomic E-state index is 0.608. The Hall–Kier alpha value is -2.56. The van der Waals surface area contributed by atoms with Crippen molar-refractivity contribution in [2.75, 3.05) is 19.6 Å². The summed E-state index contributed by atoms with van der Waals surface area (Å²) in [7, 11) is 0. The largest absolute Gasteiger partial charge is 0.361 e. The van der Waals surface area contributed by atoms with Crippen molar-refractivity contribution in [1.29, 1.82) is 0 Å². The van der Waals surface area contributed by atoms with E-state index in [0.29, 0.717) is 5.92 Å². The Kier molecular flexibility index (Phi) is 6.33. The molecule has 1 aliphatic heterocycles. The average Bonchev–Trinajstić information content (AvgIpc) is 3.46. The number of nitrogens with one attached hydrogen (secondary N) is 1. The molecule has 1 fully saturated rings. The first-order valence-electron chi connectivity index (χ1n) is 11.8. The highest BCUT2D eigenvalue weighted by Crippen LogP contribution is 2.34. The summed E-state index contributed by atoms with van der Waals surface area (Å²) in [6.45, 7) is 5.60. The fourth-order valence-corrected chi connectivity index (χ4v) is 5.15. The number of aromatic amines is 1. The highest BCUT2D eigenvalue weighted by atomic mass is 35.5. The minimum Gasteiger partial charge on any atom is -0.361 e. The van der Waals surface area contributed by atoms with Gasteiger partial charge in [-0.05, 0) is 91.7 Å². The first-order valence-corrected chi connectivity index (χ1v) is 12.2. The van der Waals surface area contributed by atoms with Gasteiger partial charge in [0.2, 0.25) is 0 Å². The van der Waals surface area contributed by atoms with Gasteiger partial charge in [-0.15, -0.1) is 0 Å². The number of rotatable bonds is 7. The molecule has 1 N–H and O–H groups in total. The molecule has 166 valence electrons. The average molecular weight is 447 g/mol. The van der Waals surface area contributed by atoms with Gasteiger partial charge >= 0.3 is 0 Å². The number of fused-ring (bicyclic) bond motifs is 1. The highest BCUT2D eigenvalue weighted by Gasteiger charge is 2.22. The summed E-state index contributed by atoms with van der Waals surface area (Å²) in [6.07, 6.45) is 12.1. The van der Waals surface area contributed by atoms with Crippen LogP contribution in [-0.4, -0.2) is 39.3 Å². The number of halogens is 1. The number of nitrogens with zero attached hydrogens (tertiary/aromatic N) is 3. The van der Waals surface area contributed by atoms with Crippen molar-refractivity contribution in [2.24, 2.45) is 0 Å². The lowest BCUT2D eigenvalue weighted by Gasteiger charge is -2.31. The molecule has 0 unspecified atom stereocenters. The Balaban J connectivity index is 1.16. The highest BCUT2D eigenvalue weighted by molar-refractivity contribution is 6.31. The molecule has 4 nitrogen and oxygen atoms in total. The van der Waals surface area contributed by atoms with Crippen LogP contribution in [0.4, 0.5) is 0 Å². The van der Waals surface area contributed by atoms with Crippen LogP contribution in [0.2, 0.25) is 5.02 Å². The standard InChI is InChI=1S/C27H31ClN4/c1-2-4-20-5-3-6-24(15-20)32-19-21(17-30-32)9-12-31-13-10-22(11-14-31)26-18-29-27-8-7-23(28)16-25(26)27/h3,5-8,15-19,22,29H,2,4,9-14H2,1H3. The molecule has 0 aliphatic carbocycles. The van der Waals surface area contributed by atoms with Crippen LogP contribution in [0.5, 0.6) is 0 Å². The molecule has 2 aromatic heterocycles. The molecule has 5 heteroatoms. The maximum absolute atomic E-state index is 6.24. The first kappa shape index (κ1) is 21.3. The number of H-pyrrole nitrogens is 1. The monoisotopic (exact) mass is 446 g/mol. The second-order valence-electron chi connectivity index (χ2n) is 9.01. The summed E-state index contributed by atoms with van der Waals surface area (Å²) < 4.78 is 2.02. The van der Waals surface area contributed by atoms with Gasteiger partial charge in [0.25, 0.3) is 0 Å². The summed E-state index contributed by atoms with van der Waals surface area (Å²) in [5.41, 5.74) is 6.45. The number of hydrogen-bond acceptors (Lipinski definition) is 2. The van der Waals surface area contributed by atoms with Crippen LogP contribution in [0.15, 0.2) is 61.1 Å². The zero-order valence-electron chi connectivity index (χ0n) is 18.7. The summed E-state index contributed by atoms with van der Waals surface area (Å²) in [5.74, 6) is 0.608. The van der Waals surface area contributed by atoms with Gasteiger partial charge in [0, 0.05) is 34.9 Å². The Labute approximate surface area is 195 Å². The zero-order chi connectivity index (χ0) is 21.9. The van der Waals surface area contributed by atoms with Gasteiger partial charge in [-0.25, -0.2) is 4.68 Å². The number of piperidine rings is 1. The van der Waals surface area contributed by atoms with E-state index in [9.17, 15) is 0 Å². The van der Waals surface area contributed by atoms with E-state index in [4.69, 9.17) is 11.6 Å². The van der Waals surface area contributed by atoms with Crippen molar-refractivity contribution in [1.82, 2.24) is 19.7 Å². The lowest BCUT2D eigenvalue weighted by Crippen LogP contribution is -2.34. The van der Waals surface area contributed by atoms with E-state index in [1.807, 2.05) is 16.9 Å². The van der Waals surface area contributed by atoms with E-state index in [1.165, 1.54) is 46.9 Å². The molecule has 0 amide bonds. The maximum Gasteiger partial charge on any atom is 0.0648 e. The van der Waals surface area contributed by atoms with Gasteiger partial charge in [0.1, 0.15) is 0 Å². The molecule has 3 heterocycles. The van der Waals surface area contributed by atoms with Gasteiger partial charge in [0.15, 0.2) is 0 Å². The predicted octanol–water partition coefficient (Wildman–Crippen LogP) is 6.38. The molecule has 4 aromatic rings. The van der Waals surface area contributed by atoms with Crippen molar-refractivity contribution < 1.29 is 0 Å². The fraction of sp³-hybridized carbons (Fsp3) is 0.370. The predicted molar refractivity (Wildman–Crippen MR) is 133 cm³/mol. The first-order chi connectivity index (χ1) is 15.7. The van der Waals surface area contributed by atoms with Gasteiger partial charge in [-0.1, -0.05) is 37.1 Å². The Morgan fingerprint density at radius 3 is 2.78 bits per heavy atom. The summed E-state index contributed by atoms with van der Waals surface area (Å²) in [5, 5.41) is 6.71. The van der Waals surface area contributed by atoms with Crippen LogP contribution >= 0.6 is 11.6 Å². The number of aryl methyl sites for hydroxylation is 1. The molecule has 1 aliphatic rings. The number of hydrogen-bond donors (Lipinski definition) is 1. The Morgan fingerprint density at radius 2 is 1.94 bits per heavy atom. The lowest BCUT2D eigenvalue weighted by molar-refractivity contribution is 0.215. The molecule has 5 rings (SSSR count). The number of benzene rings is 2. The molecule has 0 radical (unpaired) electrons. The molecular weight excluding hydrogens is 416 g/mol. The van der Waals surface area contributed by atoms with E-state index in [-0.39, 0.29) is 0 Å². The van der Waals surface area contributed by atoms with Crippen LogP contribution in [0.3, 0.4) is 0 Å². The summed E-state index contributed by atoms with van der Waals surface area (Å²) >= 11 is 6.24. The molecule has 0 spiro atoms. The molecule has 0 atom stereocenters. The maximum atomic E-state index is 6.24. The van der Waals surface area contributed by atoms with Crippen molar-refractivity contribution in [3.8, 4) is 5.69 Å². The van der Waals surface area contributed by atoms with Gasteiger partial charge in [0.05, 0.1) is 11.9 Å². The van der Waals surface area contributed by atoms with Crippen molar-refractivity contribution in [2.45, 2.75) is 44.9 Å². The van der Waals surface area contributed by atoms with E-state index < -0.39 is 0 Å². The van der Waals surface area contributed by atoms with E-state index in [1.54, 1.807) is 0 Å². The third kappa shape index (κ3) is 4.62. The quantitative estimate of drug-likeness (QED) is 0.357. The lowest BCUT2D eigenvalue weighted by atomic mass is 9.89. The van der Waals surface area contributed by atoms with Crippen LogP contribution in [0.1, 0.15) is 48.8 Å². The van der Waals surface area contributed by atoms with Crippen LogP contribution in [-0.2, 0) is 12.8 Å². The van der Waals surface area contributed by atoms with E-state index in [2.05, 4.69) is 70.7 Å². The number of aromatic nitrogens is 3. The minimum atomic E-state index is 0.608. The van der Waals surface area contributed by atoms with Crippen LogP contribution in [0.25, 0.3) is 16.6 Å². The number of likely N-dealkylation sites (tertiary alicyclic amines) is 1. The molecule has 0 bridgehead atoms. The van der Waals surface area contributed by atoms with Gasteiger partial charge in [-0.2, -0.15) is 5.10 Å². The smallest absolute Gasteiger partial charge is 0.0648 e. The summed E-state index contributed by atoms with van der Waals surface area (Å²) in [6, 6.07) is 14.9. The van der Waals surface area contributed by atoms with Gasteiger partial charge in [-0.3, -0.25) is 0 Å². The molecule has 0 saturated carbocycles. The Morgan fingerprint density at radius 1 is 1.06 bits per heavy atom. The fourth-order valence-electron chi connectivity index (χ4n) is 4.98. The van der Waals surface area contributed by atoms with E-state index >= 15 is 0 Å². The third-order valence-corrected chi connectivity index (χ3v) is 7.00. The second-order valence-corrected chi connectivity index (χ2v) is 9.45. The normalized spacial score (nSPS) is 15.6. The van der Waals surface area contributed by atoms with Gasteiger partial charge < -0.3 is 9.88 Å². The SMILES string of the molecule is CCCc1cccc(-n2cc(CCN3CCC(c4c[nH]c5ccc(Cl)cc45)CC3)cn2)c1. The third-order valence-electron chi connectivity index (χ3n) is 6.77. The van der Waals surface area contributed by atoms with E-state index in [0.717, 1.165) is 43.2 Å². The van der Waals surface area contributed by atoms with Crippen LogP contribution < -0.4 is 0 Å². The molecule has 1 saturated heterocycles. The summed E-state index contributed by atoms with van der Waals surface area (Å²) in [4.78, 5) is 6.01. The zero-order valence-corrected chi connectivity index (χ0v) is 19.5. The molecule has 32 heavy (non-hydrogen) atoms. The topological polar surface area (TPSA) is 36.9 Å². The second kappa shape index (κ2) is 9.51. The van der Waals surface area contributed by atoms with Crippen molar-refractivity contribution in [3.05, 3.63) is 82.8 Å². The molecule has 2 aromatic carbocycles.